The van der Waals surface area contributed by atoms with Gasteiger partial charge in [-0.25, -0.2) is 0 Å². The van der Waals surface area contributed by atoms with Gasteiger partial charge in [0.1, 0.15) is 4.34 Å². The van der Waals surface area contributed by atoms with Crippen molar-refractivity contribution in [2.24, 2.45) is 0 Å². The minimum atomic E-state index is -1.52. The third-order valence-electron chi connectivity index (χ3n) is 2.06. The lowest BCUT2D eigenvalue weighted by Gasteiger charge is -2.21. The molecule has 5 nitrogen and oxygen atoms in total. The summed E-state index contributed by atoms with van der Waals surface area (Å²) in [5.41, 5.74) is -1.31. The summed E-state index contributed by atoms with van der Waals surface area (Å²) in [6.45, 7) is 1.13. The van der Waals surface area contributed by atoms with Gasteiger partial charge in [0.15, 0.2) is 0 Å². The summed E-state index contributed by atoms with van der Waals surface area (Å²) >= 11 is 12.5. The maximum atomic E-state index is 11.7. The topological polar surface area (TPSA) is 86.6 Å². The monoisotopic (exact) mass is 311 g/mol. The average Bonchev–Trinajstić information content (AvgIpc) is 2.52. The summed E-state index contributed by atoms with van der Waals surface area (Å²) in [7, 11) is 0. The van der Waals surface area contributed by atoms with Crippen LogP contribution in [0.1, 0.15) is 23.7 Å². The van der Waals surface area contributed by atoms with Crippen molar-refractivity contribution in [3.05, 3.63) is 20.3 Å². The van der Waals surface area contributed by atoms with E-state index < -0.39 is 23.9 Å². The first-order valence-electron chi connectivity index (χ1n) is 4.88. The Kier molecular flexibility index (Phi) is 4.98. The van der Waals surface area contributed by atoms with Crippen LogP contribution in [-0.4, -0.2) is 34.2 Å². The van der Waals surface area contributed by atoms with Crippen molar-refractivity contribution in [2.45, 2.75) is 18.9 Å². The van der Waals surface area contributed by atoms with Gasteiger partial charge in [-0.2, -0.15) is 0 Å². The number of nitrogens with one attached hydrogen (secondary N) is 1. The number of carboxylic acids is 1. The Morgan fingerprint density at radius 2 is 2.11 bits per heavy atom. The molecule has 0 aliphatic carbocycles. The van der Waals surface area contributed by atoms with Crippen LogP contribution < -0.4 is 5.32 Å². The van der Waals surface area contributed by atoms with Crippen LogP contribution in [0.5, 0.6) is 0 Å². The average molecular weight is 312 g/mol. The van der Waals surface area contributed by atoms with Crippen LogP contribution in [0.3, 0.4) is 0 Å². The maximum Gasteiger partial charge on any atom is 0.306 e. The minimum absolute atomic E-state index is 0.193. The summed E-state index contributed by atoms with van der Waals surface area (Å²) in [5.74, 6) is -1.65. The van der Waals surface area contributed by atoms with Gasteiger partial charge in [0, 0.05) is 6.54 Å². The molecule has 0 aromatic carbocycles. The van der Waals surface area contributed by atoms with Crippen molar-refractivity contribution in [3.63, 3.8) is 0 Å². The molecule has 0 spiro atoms. The van der Waals surface area contributed by atoms with Crippen molar-refractivity contribution in [3.8, 4) is 0 Å². The summed E-state index contributed by atoms with van der Waals surface area (Å²) in [6.07, 6.45) is -0.467. The number of hydrogen-bond acceptors (Lipinski definition) is 4. The highest BCUT2D eigenvalue weighted by Gasteiger charge is 2.25. The van der Waals surface area contributed by atoms with E-state index >= 15 is 0 Å². The molecule has 0 bridgehead atoms. The molecule has 1 unspecified atom stereocenters. The van der Waals surface area contributed by atoms with Crippen molar-refractivity contribution >= 4 is 46.4 Å². The Balaban J connectivity index is 2.61. The van der Waals surface area contributed by atoms with Gasteiger partial charge in [0.2, 0.25) is 0 Å². The second-order valence-electron chi connectivity index (χ2n) is 3.99. The van der Waals surface area contributed by atoms with E-state index in [0.29, 0.717) is 4.34 Å². The summed E-state index contributed by atoms with van der Waals surface area (Å²) in [4.78, 5) is 22.2. The smallest absolute Gasteiger partial charge is 0.306 e. The molecule has 1 aromatic heterocycles. The number of aliphatic carboxylic acids is 1. The van der Waals surface area contributed by atoms with Gasteiger partial charge in [-0.05, 0) is 13.0 Å². The third-order valence-corrected chi connectivity index (χ3v) is 3.55. The molecule has 0 saturated heterocycles. The molecule has 1 heterocycles. The normalized spacial score (nSPS) is 14.0. The van der Waals surface area contributed by atoms with Crippen LogP contribution in [0.4, 0.5) is 0 Å². The van der Waals surface area contributed by atoms with Gasteiger partial charge in [0.05, 0.1) is 21.9 Å². The molecule has 0 aliphatic heterocycles. The quantitative estimate of drug-likeness (QED) is 0.776. The Labute approximate surface area is 117 Å². The lowest BCUT2D eigenvalue weighted by Crippen LogP contribution is -2.42. The van der Waals surface area contributed by atoms with Gasteiger partial charge in [0.25, 0.3) is 5.91 Å². The highest BCUT2D eigenvalue weighted by molar-refractivity contribution is 7.20. The number of aliphatic hydroxyl groups is 1. The highest BCUT2D eigenvalue weighted by atomic mass is 35.5. The molecule has 0 saturated carbocycles. The van der Waals surface area contributed by atoms with Crippen LogP contribution in [0, 0.1) is 0 Å². The number of rotatable bonds is 5. The molecular weight excluding hydrogens is 301 g/mol. The second kappa shape index (κ2) is 5.88. The van der Waals surface area contributed by atoms with Crippen molar-refractivity contribution in [2.75, 3.05) is 6.54 Å². The fourth-order valence-electron chi connectivity index (χ4n) is 1.25. The number of thiophene rings is 1. The zero-order valence-corrected chi connectivity index (χ0v) is 11.7. The Hall–Kier alpha value is -0.820. The molecule has 0 radical (unpaired) electrons. The number of hydrogen-bond donors (Lipinski definition) is 3. The Morgan fingerprint density at radius 1 is 1.50 bits per heavy atom. The van der Waals surface area contributed by atoms with E-state index in [-0.39, 0.29) is 16.4 Å². The van der Waals surface area contributed by atoms with Crippen LogP contribution >= 0.6 is 34.5 Å². The third kappa shape index (κ3) is 4.45. The van der Waals surface area contributed by atoms with Crippen molar-refractivity contribution in [1.29, 1.82) is 0 Å². The second-order valence-corrected chi connectivity index (χ2v) is 6.27. The Bertz CT molecular complexity index is 472. The van der Waals surface area contributed by atoms with Gasteiger partial charge in [-0.1, -0.05) is 23.2 Å². The van der Waals surface area contributed by atoms with Gasteiger partial charge >= 0.3 is 5.97 Å². The van der Waals surface area contributed by atoms with E-state index in [0.717, 1.165) is 11.3 Å². The van der Waals surface area contributed by atoms with Crippen molar-refractivity contribution in [1.82, 2.24) is 5.32 Å². The molecule has 3 N–H and O–H groups in total. The number of carbonyl (C=O) groups is 2. The minimum Gasteiger partial charge on any atom is -0.481 e. The largest absolute Gasteiger partial charge is 0.481 e. The van der Waals surface area contributed by atoms with E-state index in [1.54, 1.807) is 0 Å². The zero-order valence-electron chi connectivity index (χ0n) is 9.37. The Morgan fingerprint density at radius 3 is 2.56 bits per heavy atom. The SMILES string of the molecule is CC(O)(CNC(=O)c1cc(Cl)sc1Cl)CC(=O)O. The number of carboxylic acid groups (broad SMARTS) is 1. The molecule has 0 aliphatic rings. The van der Waals surface area contributed by atoms with E-state index in [1.807, 2.05) is 0 Å². The lowest BCUT2D eigenvalue weighted by molar-refractivity contribution is -0.141. The molecule has 1 rings (SSSR count). The first kappa shape index (κ1) is 15.2. The number of amides is 1. The van der Waals surface area contributed by atoms with Crippen LogP contribution in [0.2, 0.25) is 8.67 Å². The first-order valence-corrected chi connectivity index (χ1v) is 6.46. The van der Waals surface area contributed by atoms with Crippen LogP contribution in [-0.2, 0) is 4.79 Å². The number of carbonyl (C=O) groups excluding carboxylic acids is 1. The van der Waals surface area contributed by atoms with Gasteiger partial charge in [-0.3, -0.25) is 9.59 Å². The predicted octanol–water partition coefficient (Wildman–Crippen LogP) is 2.01. The molecule has 1 atom stereocenters. The fourth-order valence-corrected chi connectivity index (χ4v) is 2.71. The maximum absolute atomic E-state index is 11.7. The standard InChI is InChI=1S/C10H11Cl2NO4S/c1-10(17,3-7(14)15)4-13-9(16)5-2-6(11)18-8(5)12/h2,17H,3-4H2,1H3,(H,13,16)(H,14,15). The van der Waals surface area contributed by atoms with Gasteiger partial charge in [-0.15, -0.1) is 11.3 Å². The van der Waals surface area contributed by atoms with E-state index in [9.17, 15) is 14.7 Å². The summed E-state index contributed by atoms with van der Waals surface area (Å²) in [6, 6.07) is 1.41. The molecule has 100 valence electrons. The zero-order chi connectivity index (χ0) is 13.9. The molecule has 8 heteroatoms. The van der Waals surface area contributed by atoms with Crippen LogP contribution in [0.15, 0.2) is 6.07 Å². The number of halogens is 2. The fraction of sp³-hybridized carbons (Fsp3) is 0.400. The molecule has 1 aromatic rings. The molecule has 18 heavy (non-hydrogen) atoms. The summed E-state index contributed by atoms with van der Waals surface area (Å²) in [5, 5.41) is 20.7. The molecular formula is C10H11Cl2NO4S. The first-order chi connectivity index (χ1) is 8.21. The van der Waals surface area contributed by atoms with Gasteiger partial charge < -0.3 is 15.5 Å². The summed E-state index contributed by atoms with van der Waals surface area (Å²) < 4.78 is 0.623. The predicted molar refractivity (Wildman–Crippen MR) is 69.5 cm³/mol. The lowest BCUT2D eigenvalue weighted by atomic mass is 10.0. The van der Waals surface area contributed by atoms with E-state index in [2.05, 4.69) is 5.32 Å². The van der Waals surface area contributed by atoms with Crippen molar-refractivity contribution < 1.29 is 19.8 Å². The van der Waals surface area contributed by atoms with E-state index in [1.165, 1.54) is 13.0 Å². The molecule has 1 amide bonds. The molecule has 0 fully saturated rings. The van der Waals surface area contributed by atoms with E-state index in [4.69, 9.17) is 28.3 Å². The van der Waals surface area contributed by atoms with Crippen LogP contribution in [0.25, 0.3) is 0 Å². The highest BCUT2D eigenvalue weighted by Crippen LogP contribution is 2.31.